The topological polar surface area (TPSA) is 58.4 Å². The Balaban J connectivity index is 0.000000165. The molecule has 2 rings (SSSR count). The van der Waals surface area contributed by atoms with E-state index in [4.69, 9.17) is 0 Å². The SMILES string of the molecule is CN1C=CCNC1.O=[N+]([O-])c1ccccc1. The molecule has 0 saturated heterocycles. The van der Waals surface area contributed by atoms with Crippen LogP contribution in [-0.2, 0) is 0 Å². The maximum Gasteiger partial charge on any atom is 0.269 e. The van der Waals surface area contributed by atoms with Gasteiger partial charge >= 0.3 is 0 Å². The highest BCUT2D eigenvalue weighted by atomic mass is 16.6. The lowest BCUT2D eigenvalue weighted by atomic mass is 10.3. The fourth-order valence-electron chi connectivity index (χ4n) is 1.16. The molecule has 1 aromatic carbocycles. The minimum atomic E-state index is -0.417. The van der Waals surface area contributed by atoms with Crippen LogP contribution in [0.5, 0.6) is 0 Å². The average Bonchev–Trinajstić information content (AvgIpc) is 2.32. The molecule has 5 heteroatoms. The Hall–Kier alpha value is -1.88. The van der Waals surface area contributed by atoms with E-state index in [-0.39, 0.29) is 5.69 Å². The molecule has 1 N–H and O–H groups in total. The number of rotatable bonds is 1. The Morgan fingerprint density at radius 2 is 2.06 bits per heavy atom. The van der Waals surface area contributed by atoms with Gasteiger partial charge in [0.25, 0.3) is 5.69 Å². The van der Waals surface area contributed by atoms with Crippen LogP contribution in [0.3, 0.4) is 0 Å². The maximum absolute atomic E-state index is 10.0. The van der Waals surface area contributed by atoms with Gasteiger partial charge in [-0.1, -0.05) is 24.3 Å². The van der Waals surface area contributed by atoms with Gasteiger partial charge in [-0.05, 0) is 6.20 Å². The number of hydrogen-bond acceptors (Lipinski definition) is 4. The Kier molecular flexibility index (Phi) is 5.01. The molecule has 1 heterocycles. The molecular weight excluding hydrogens is 206 g/mol. The van der Waals surface area contributed by atoms with Crippen molar-refractivity contribution in [2.24, 2.45) is 0 Å². The number of nitro benzene ring substituents is 1. The van der Waals surface area contributed by atoms with Gasteiger partial charge < -0.3 is 4.90 Å². The van der Waals surface area contributed by atoms with E-state index >= 15 is 0 Å². The van der Waals surface area contributed by atoms with Gasteiger partial charge in [0.2, 0.25) is 0 Å². The van der Waals surface area contributed by atoms with E-state index in [2.05, 4.69) is 22.5 Å². The highest BCUT2D eigenvalue weighted by molar-refractivity contribution is 5.27. The second-order valence-corrected chi connectivity index (χ2v) is 3.35. The zero-order valence-corrected chi connectivity index (χ0v) is 9.17. The first kappa shape index (κ1) is 12.2. The van der Waals surface area contributed by atoms with E-state index in [0.29, 0.717) is 0 Å². The molecule has 0 aromatic heterocycles. The molecule has 16 heavy (non-hydrogen) atoms. The lowest BCUT2D eigenvalue weighted by molar-refractivity contribution is -0.384. The summed E-state index contributed by atoms with van der Waals surface area (Å²) in [6.07, 6.45) is 4.18. The summed E-state index contributed by atoms with van der Waals surface area (Å²) in [5.41, 5.74) is 0.137. The van der Waals surface area contributed by atoms with Crippen LogP contribution in [-0.4, -0.2) is 30.1 Å². The Bertz CT molecular complexity index is 352. The fraction of sp³-hybridized carbons (Fsp3) is 0.273. The third kappa shape index (κ3) is 4.56. The molecular formula is C11H15N3O2. The van der Waals surface area contributed by atoms with Crippen molar-refractivity contribution in [1.82, 2.24) is 10.2 Å². The zero-order valence-electron chi connectivity index (χ0n) is 9.17. The summed E-state index contributed by atoms with van der Waals surface area (Å²) in [5.74, 6) is 0. The van der Waals surface area contributed by atoms with Gasteiger partial charge in [0.05, 0.1) is 11.6 Å². The van der Waals surface area contributed by atoms with E-state index in [1.807, 2.05) is 7.05 Å². The lowest BCUT2D eigenvalue weighted by Crippen LogP contribution is -2.31. The third-order valence-electron chi connectivity index (χ3n) is 1.95. The number of nitrogens with one attached hydrogen (secondary N) is 1. The summed E-state index contributed by atoms with van der Waals surface area (Å²) in [7, 11) is 2.04. The first-order valence-corrected chi connectivity index (χ1v) is 4.97. The zero-order chi connectivity index (χ0) is 11.8. The minimum absolute atomic E-state index is 0.137. The van der Waals surface area contributed by atoms with Crippen molar-refractivity contribution < 1.29 is 4.92 Å². The molecule has 0 fully saturated rings. The summed E-state index contributed by atoms with van der Waals surface area (Å²) in [6.45, 7) is 2.00. The number of para-hydroxylation sites is 1. The van der Waals surface area contributed by atoms with Gasteiger partial charge in [-0.15, -0.1) is 0 Å². The van der Waals surface area contributed by atoms with Crippen molar-refractivity contribution in [2.75, 3.05) is 20.3 Å². The molecule has 0 atom stereocenters. The average molecular weight is 221 g/mol. The van der Waals surface area contributed by atoms with Crippen LogP contribution >= 0.6 is 0 Å². The van der Waals surface area contributed by atoms with Crippen LogP contribution in [0, 0.1) is 10.1 Å². The highest BCUT2D eigenvalue weighted by Gasteiger charge is 1.98. The largest absolute Gasteiger partial charge is 0.368 e. The molecule has 86 valence electrons. The van der Waals surface area contributed by atoms with Gasteiger partial charge in [-0.25, -0.2) is 0 Å². The molecule has 0 radical (unpaired) electrons. The van der Waals surface area contributed by atoms with Crippen molar-refractivity contribution in [1.29, 1.82) is 0 Å². The number of nitro groups is 1. The lowest BCUT2D eigenvalue weighted by Gasteiger charge is -2.17. The van der Waals surface area contributed by atoms with Crippen LogP contribution in [0.4, 0.5) is 5.69 Å². The van der Waals surface area contributed by atoms with E-state index in [9.17, 15) is 10.1 Å². The summed E-state index contributed by atoms with van der Waals surface area (Å²) >= 11 is 0. The Morgan fingerprint density at radius 1 is 1.38 bits per heavy atom. The molecule has 5 nitrogen and oxygen atoms in total. The van der Waals surface area contributed by atoms with Gasteiger partial charge in [-0.2, -0.15) is 0 Å². The van der Waals surface area contributed by atoms with Crippen LogP contribution in [0.1, 0.15) is 0 Å². The molecule has 0 saturated carbocycles. The quantitative estimate of drug-likeness (QED) is 0.578. The van der Waals surface area contributed by atoms with E-state index in [0.717, 1.165) is 13.2 Å². The predicted octanol–water partition coefficient (Wildman–Crippen LogP) is 1.59. The number of hydrogen-bond donors (Lipinski definition) is 1. The molecule has 1 aliphatic heterocycles. The van der Waals surface area contributed by atoms with Crippen molar-refractivity contribution in [3.05, 3.63) is 52.7 Å². The highest BCUT2D eigenvalue weighted by Crippen LogP contribution is 2.06. The molecule has 0 aliphatic carbocycles. The summed E-state index contributed by atoms with van der Waals surface area (Å²) in [5, 5.41) is 13.2. The van der Waals surface area contributed by atoms with Crippen molar-refractivity contribution in [3.8, 4) is 0 Å². The van der Waals surface area contributed by atoms with E-state index < -0.39 is 4.92 Å². The molecule has 0 spiro atoms. The van der Waals surface area contributed by atoms with Gasteiger partial charge in [-0.3, -0.25) is 15.4 Å². The third-order valence-corrected chi connectivity index (χ3v) is 1.95. The predicted molar refractivity (Wildman–Crippen MR) is 62.9 cm³/mol. The Morgan fingerprint density at radius 3 is 2.38 bits per heavy atom. The molecule has 0 amide bonds. The molecule has 1 aromatic rings. The minimum Gasteiger partial charge on any atom is -0.368 e. The van der Waals surface area contributed by atoms with Crippen LogP contribution < -0.4 is 5.32 Å². The van der Waals surface area contributed by atoms with Gasteiger partial charge in [0, 0.05) is 25.7 Å². The number of non-ortho nitro benzene ring substituents is 1. The van der Waals surface area contributed by atoms with Crippen molar-refractivity contribution in [2.45, 2.75) is 0 Å². The first-order chi connectivity index (χ1) is 7.70. The van der Waals surface area contributed by atoms with Crippen LogP contribution in [0.25, 0.3) is 0 Å². The number of nitrogens with zero attached hydrogens (tertiary/aromatic N) is 2. The second-order valence-electron chi connectivity index (χ2n) is 3.35. The van der Waals surface area contributed by atoms with Crippen LogP contribution in [0.2, 0.25) is 0 Å². The van der Waals surface area contributed by atoms with Gasteiger partial charge in [0.15, 0.2) is 0 Å². The second kappa shape index (κ2) is 6.58. The van der Waals surface area contributed by atoms with E-state index in [1.54, 1.807) is 18.2 Å². The monoisotopic (exact) mass is 221 g/mol. The summed E-state index contributed by atoms with van der Waals surface area (Å²) in [4.78, 5) is 11.7. The first-order valence-electron chi connectivity index (χ1n) is 4.97. The van der Waals surface area contributed by atoms with Gasteiger partial charge in [0.1, 0.15) is 0 Å². The summed E-state index contributed by atoms with van der Waals surface area (Å²) in [6, 6.07) is 7.93. The molecule has 1 aliphatic rings. The molecule has 0 unspecified atom stereocenters. The standard InChI is InChI=1S/C6H5NO2.C5H10N2/c8-7(9)6-4-2-1-3-5-6;1-7-4-2-3-6-5-7/h1-5H;2,4,6H,3,5H2,1H3. The van der Waals surface area contributed by atoms with Crippen LogP contribution in [0.15, 0.2) is 42.6 Å². The summed E-state index contributed by atoms with van der Waals surface area (Å²) < 4.78 is 0. The molecule has 0 bridgehead atoms. The smallest absolute Gasteiger partial charge is 0.269 e. The van der Waals surface area contributed by atoms with Crippen molar-refractivity contribution >= 4 is 5.69 Å². The van der Waals surface area contributed by atoms with E-state index in [1.165, 1.54) is 12.1 Å². The fourth-order valence-corrected chi connectivity index (χ4v) is 1.16. The maximum atomic E-state index is 10.0. The number of benzene rings is 1. The Labute approximate surface area is 94.5 Å². The van der Waals surface area contributed by atoms with Crippen molar-refractivity contribution in [3.63, 3.8) is 0 Å². The normalized spacial score (nSPS) is 13.9.